The van der Waals surface area contributed by atoms with Gasteiger partial charge in [-0.25, -0.2) is 9.37 Å². The van der Waals surface area contributed by atoms with Gasteiger partial charge in [0, 0.05) is 17.0 Å². The topological polar surface area (TPSA) is 119 Å². The van der Waals surface area contributed by atoms with Crippen LogP contribution in [0.15, 0.2) is 40.1 Å². The first-order valence-electron chi connectivity index (χ1n) is 9.61. The molecule has 2 aromatic heterocycles. The molecule has 4 rings (SSSR count). The van der Waals surface area contributed by atoms with Crippen molar-refractivity contribution in [3.63, 3.8) is 0 Å². The molecule has 31 heavy (non-hydrogen) atoms. The highest BCUT2D eigenvalue weighted by Crippen LogP contribution is 2.37. The van der Waals surface area contributed by atoms with E-state index in [1.54, 1.807) is 13.0 Å². The molecule has 1 aliphatic heterocycles. The summed E-state index contributed by atoms with van der Waals surface area (Å²) in [6.45, 7) is 5.43. The number of rotatable bonds is 4. The lowest BCUT2D eigenvalue weighted by atomic mass is 9.89. The number of amidine groups is 1. The Morgan fingerprint density at radius 1 is 1.29 bits per heavy atom. The molecule has 1 amide bonds. The minimum atomic E-state index is -0.782. The Hall–Kier alpha value is -3.27. The van der Waals surface area contributed by atoms with Gasteiger partial charge in [0.2, 0.25) is 0 Å². The number of nitrogens with one attached hydrogen (secondary N) is 1. The van der Waals surface area contributed by atoms with Crippen molar-refractivity contribution in [3.05, 3.63) is 59.1 Å². The SMILES string of the molecule is Cc1noc(C)c1-c1cnc(C(=O)Nc2ccc(F)c([C@]3(C)CCSC(N)=N3)c2)cn1. The lowest BCUT2D eigenvalue weighted by Crippen LogP contribution is -2.29. The van der Waals surface area contributed by atoms with Crippen molar-refractivity contribution >= 4 is 28.5 Å². The molecule has 160 valence electrons. The summed E-state index contributed by atoms with van der Waals surface area (Å²) in [6.07, 6.45) is 3.52. The van der Waals surface area contributed by atoms with Crippen LogP contribution in [0.5, 0.6) is 0 Å². The molecule has 1 aromatic carbocycles. The molecule has 0 spiro atoms. The lowest BCUT2D eigenvalue weighted by molar-refractivity contribution is 0.102. The highest BCUT2D eigenvalue weighted by Gasteiger charge is 2.32. The third-order valence-corrected chi connectivity index (χ3v) is 5.97. The van der Waals surface area contributed by atoms with Gasteiger partial charge in [0.05, 0.1) is 34.9 Å². The Morgan fingerprint density at radius 3 is 2.74 bits per heavy atom. The molecule has 3 N–H and O–H groups in total. The van der Waals surface area contributed by atoms with E-state index < -0.39 is 17.3 Å². The van der Waals surface area contributed by atoms with Crippen LogP contribution >= 0.6 is 11.8 Å². The Morgan fingerprint density at radius 2 is 2.10 bits per heavy atom. The number of aliphatic imine (C=N–C) groups is 1. The number of hydrogen-bond donors (Lipinski definition) is 2. The molecule has 1 atom stereocenters. The molecule has 0 aliphatic carbocycles. The molecule has 3 heterocycles. The fraction of sp³-hybridized carbons (Fsp3) is 0.286. The van der Waals surface area contributed by atoms with Gasteiger partial charge in [0.15, 0.2) is 5.17 Å². The van der Waals surface area contributed by atoms with Crippen molar-refractivity contribution in [2.45, 2.75) is 32.7 Å². The number of thioether (sulfide) groups is 1. The van der Waals surface area contributed by atoms with Gasteiger partial charge in [-0.1, -0.05) is 16.9 Å². The van der Waals surface area contributed by atoms with Crippen LogP contribution in [0.4, 0.5) is 10.1 Å². The van der Waals surface area contributed by atoms with E-state index in [1.165, 1.54) is 36.3 Å². The Bertz CT molecular complexity index is 1160. The molecular weight excluding hydrogens is 419 g/mol. The van der Waals surface area contributed by atoms with Crippen LogP contribution in [0.3, 0.4) is 0 Å². The van der Waals surface area contributed by atoms with E-state index in [1.807, 2.05) is 13.8 Å². The number of halogens is 1. The molecule has 0 fully saturated rings. The van der Waals surface area contributed by atoms with Gasteiger partial charge in [0.1, 0.15) is 17.3 Å². The third-order valence-electron chi connectivity index (χ3n) is 5.17. The first-order chi connectivity index (χ1) is 14.8. The predicted octanol–water partition coefficient (Wildman–Crippen LogP) is 3.81. The number of nitrogens with zero attached hydrogens (tertiary/aromatic N) is 4. The van der Waals surface area contributed by atoms with Crippen molar-refractivity contribution < 1.29 is 13.7 Å². The predicted molar refractivity (Wildman–Crippen MR) is 117 cm³/mol. The summed E-state index contributed by atoms with van der Waals surface area (Å²) in [4.78, 5) is 25.6. The number of carbonyl (C=O) groups excluding carboxylic acids is 1. The normalized spacial score (nSPS) is 18.5. The van der Waals surface area contributed by atoms with Crippen molar-refractivity contribution in [1.82, 2.24) is 15.1 Å². The maximum atomic E-state index is 14.6. The molecular formula is C21H21FN6O2S. The van der Waals surface area contributed by atoms with Crippen LogP contribution in [0.1, 0.15) is 40.9 Å². The average Bonchev–Trinajstić information content (AvgIpc) is 3.07. The van der Waals surface area contributed by atoms with Crippen molar-refractivity contribution in [2.24, 2.45) is 10.7 Å². The maximum absolute atomic E-state index is 14.6. The van der Waals surface area contributed by atoms with Crippen molar-refractivity contribution in [3.8, 4) is 11.3 Å². The molecule has 10 heteroatoms. The maximum Gasteiger partial charge on any atom is 0.275 e. The summed E-state index contributed by atoms with van der Waals surface area (Å²) in [7, 11) is 0. The van der Waals surface area contributed by atoms with Crippen LogP contribution in [-0.2, 0) is 5.54 Å². The number of carbonyl (C=O) groups is 1. The van der Waals surface area contributed by atoms with Crippen LogP contribution in [0, 0.1) is 19.7 Å². The summed E-state index contributed by atoms with van der Waals surface area (Å²) >= 11 is 1.45. The average molecular weight is 441 g/mol. The summed E-state index contributed by atoms with van der Waals surface area (Å²) in [6, 6.07) is 4.40. The van der Waals surface area contributed by atoms with Gasteiger partial charge < -0.3 is 15.6 Å². The summed E-state index contributed by atoms with van der Waals surface area (Å²) in [5, 5.41) is 7.07. The molecule has 0 radical (unpaired) electrons. The standard InChI is InChI=1S/C21H21FN6O2S/c1-11-18(12(2)30-28-11)16-9-25-17(10-24-16)19(29)26-13-4-5-15(22)14(8-13)21(3)6-7-31-20(23)27-21/h4-5,8-10H,6-7H2,1-3H3,(H2,23,27)(H,26,29)/t21-/m0/s1. The zero-order valence-corrected chi connectivity index (χ0v) is 18.1. The zero-order valence-electron chi connectivity index (χ0n) is 17.3. The van der Waals surface area contributed by atoms with E-state index in [-0.39, 0.29) is 5.69 Å². The summed E-state index contributed by atoms with van der Waals surface area (Å²) < 4.78 is 19.7. The van der Waals surface area contributed by atoms with E-state index in [0.29, 0.717) is 40.0 Å². The monoisotopic (exact) mass is 440 g/mol. The van der Waals surface area contributed by atoms with Gasteiger partial charge in [-0.15, -0.1) is 0 Å². The van der Waals surface area contributed by atoms with Crippen LogP contribution < -0.4 is 11.1 Å². The van der Waals surface area contributed by atoms with E-state index in [2.05, 4.69) is 25.4 Å². The Labute approximate surface area is 182 Å². The number of aromatic nitrogens is 3. The van der Waals surface area contributed by atoms with Crippen LogP contribution in [0.25, 0.3) is 11.3 Å². The minimum absolute atomic E-state index is 0.129. The fourth-order valence-electron chi connectivity index (χ4n) is 3.51. The lowest BCUT2D eigenvalue weighted by Gasteiger charge is -2.30. The van der Waals surface area contributed by atoms with E-state index >= 15 is 0 Å². The molecule has 0 bridgehead atoms. The van der Waals surface area contributed by atoms with Gasteiger partial charge in [-0.05, 0) is 45.4 Å². The highest BCUT2D eigenvalue weighted by molar-refractivity contribution is 8.13. The van der Waals surface area contributed by atoms with Gasteiger partial charge in [-0.2, -0.15) is 0 Å². The fourth-order valence-corrected chi connectivity index (χ4v) is 4.49. The quantitative estimate of drug-likeness (QED) is 0.633. The highest BCUT2D eigenvalue weighted by atomic mass is 32.2. The molecule has 8 nitrogen and oxygen atoms in total. The smallest absolute Gasteiger partial charge is 0.275 e. The minimum Gasteiger partial charge on any atom is -0.379 e. The second kappa shape index (κ2) is 8.10. The second-order valence-corrected chi connectivity index (χ2v) is 8.57. The molecule has 0 unspecified atom stereocenters. The zero-order chi connectivity index (χ0) is 22.2. The number of nitrogens with two attached hydrogens (primary N) is 1. The Balaban J connectivity index is 1.56. The van der Waals surface area contributed by atoms with Gasteiger partial charge >= 0.3 is 0 Å². The second-order valence-electron chi connectivity index (χ2n) is 7.46. The van der Waals surface area contributed by atoms with E-state index in [9.17, 15) is 9.18 Å². The Kier molecular flexibility index (Phi) is 5.48. The number of amides is 1. The van der Waals surface area contributed by atoms with Crippen molar-refractivity contribution in [1.29, 1.82) is 0 Å². The van der Waals surface area contributed by atoms with E-state index in [4.69, 9.17) is 10.3 Å². The van der Waals surface area contributed by atoms with E-state index in [0.717, 1.165) is 11.3 Å². The summed E-state index contributed by atoms with van der Waals surface area (Å²) in [5.41, 5.74) is 8.03. The van der Waals surface area contributed by atoms with Crippen LogP contribution in [0.2, 0.25) is 0 Å². The largest absolute Gasteiger partial charge is 0.379 e. The van der Waals surface area contributed by atoms with Crippen molar-refractivity contribution in [2.75, 3.05) is 11.1 Å². The van der Waals surface area contributed by atoms with Gasteiger partial charge in [-0.3, -0.25) is 14.8 Å². The number of benzene rings is 1. The third kappa shape index (κ3) is 4.15. The first kappa shape index (κ1) is 21.0. The first-order valence-corrected chi connectivity index (χ1v) is 10.6. The molecule has 0 saturated heterocycles. The van der Waals surface area contributed by atoms with Gasteiger partial charge in [0.25, 0.3) is 5.91 Å². The number of anilines is 1. The number of aryl methyl sites for hydroxylation is 2. The molecule has 0 saturated carbocycles. The number of hydrogen-bond acceptors (Lipinski definition) is 8. The summed E-state index contributed by atoms with van der Waals surface area (Å²) in [5.74, 6) is 0.519. The van der Waals surface area contributed by atoms with Crippen LogP contribution in [-0.4, -0.2) is 32.0 Å². The molecule has 1 aliphatic rings. The molecule has 3 aromatic rings.